The van der Waals surface area contributed by atoms with E-state index in [4.69, 9.17) is 5.73 Å². The quantitative estimate of drug-likeness (QED) is 0.899. The maximum atomic E-state index is 12.3. The van der Waals surface area contributed by atoms with Crippen LogP contribution in [-0.2, 0) is 4.79 Å². The fraction of sp³-hybridized carbons (Fsp3) is 0.562. The number of carbonyl (C=O) groups is 1. The molecule has 0 spiro atoms. The third-order valence-corrected chi connectivity index (χ3v) is 4.41. The van der Waals surface area contributed by atoms with E-state index in [2.05, 4.69) is 19.1 Å². The number of nitrogens with two attached hydrogens (primary N) is 1. The van der Waals surface area contributed by atoms with Crippen molar-refractivity contribution in [1.29, 1.82) is 0 Å². The Hall–Kier alpha value is -1.35. The lowest BCUT2D eigenvalue weighted by Gasteiger charge is -2.48. The van der Waals surface area contributed by atoms with Crippen molar-refractivity contribution in [3.63, 3.8) is 0 Å². The average Bonchev–Trinajstić information content (AvgIpc) is 3.16. The first-order valence-corrected chi connectivity index (χ1v) is 7.25. The van der Waals surface area contributed by atoms with Gasteiger partial charge >= 0.3 is 0 Å². The summed E-state index contributed by atoms with van der Waals surface area (Å²) in [5, 5.41) is 0. The average molecular weight is 258 g/mol. The van der Waals surface area contributed by atoms with Crippen LogP contribution in [0, 0.1) is 5.92 Å². The largest absolute Gasteiger partial charge is 0.339 e. The van der Waals surface area contributed by atoms with Crippen LogP contribution in [0.2, 0.25) is 0 Å². The van der Waals surface area contributed by atoms with Crippen molar-refractivity contribution in [2.45, 2.75) is 37.6 Å². The van der Waals surface area contributed by atoms with Gasteiger partial charge in [-0.2, -0.15) is 0 Å². The molecule has 1 aliphatic carbocycles. The maximum absolute atomic E-state index is 12.3. The molecule has 1 aliphatic heterocycles. The van der Waals surface area contributed by atoms with Crippen LogP contribution in [0.25, 0.3) is 0 Å². The van der Waals surface area contributed by atoms with Gasteiger partial charge in [-0.15, -0.1) is 0 Å². The Bertz CT molecular complexity index is 465. The highest BCUT2D eigenvalue weighted by atomic mass is 16.2. The summed E-state index contributed by atoms with van der Waals surface area (Å²) >= 11 is 0. The van der Waals surface area contributed by atoms with Crippen molar-refractivity contribution in [2.75, 3.05) is 13.1 Å². The second-order valence-corrected chi connectivity index (χ2v) is 6.17. The molecule has 0 radical (unpaired) electrons. The molecule has 3 rings (SSSR count). The summed E-state index contributed by atoms with van der Waals surface area (Å²) < 4.78 is 0. The highest BCUT2D eigenvalue weighted by molar-refractivity contribution is 5.84. The first-order chi connectivity index (χ1) is 9.13. The predicted octanol–water partition coefficient (Wildman–Crippen LogP) is 2.13. The van der Waals surface area contributed by atoms with Crippen LogP contribution < -0.4 is 5.73 Å². The molecule has 2 aliphatic rings. The van der Waals surface area contributed by atoms with Crippen LogP contribution in [0.15, 0.2) is 30.3 Å². The highest BCUT2D eigenvalue weighted by Crippen LogP contribution is 2.49. The first-order valence-electron chi connectivity index (χ1n) is 7.25. The minimum Gasteiger partial charge on any atom is -0.339 e. The lowest BCUT2D eigenvalue weighted by atomic mass is 9.86. The summed E-state index contributed by atoms with van der Waals surface area (Å²) in [5.74, 6) is 0.951. The summed E-state index contributed by atoms with van der Waals surface area (Å²) in [6.45, 7) is 3.64. The van der Waals surface area contributed by atoms with E-state index in [0.29, 0.717) is 11.8 Å². The smallest absolute Gasteiger partial charge is 0.226 e. The van der Waals surface area contributed by atoms with E-state index in [-0.39, 0.29) is 11.5 Å². The van der Waals surface area contributed by atoms with Gasteiger partial charge in [-0.25, -0.2) is 0 Å². The molecule has 2 N–H and O–H groups in total. The predicted molar refractivity (Wildman–Crippen MR) is 75.7 cm³/mol. The summed E-state index contributed by atoms with van der Waals surface area (Å²) in [5.41, 5.74) is 7.40. The van der Waals surface area contributed by atoms with Crippen LogP contribution in [0.1, 0.15) is 37.7 Å². The fourth-order valence-corrected chi connectivity index (χ4v) is 3.30. The Balaban J connectivity index is 1.55. The van der Waals surface area contributed by atoms with E-state index in [0.717, 1.165) is 32.4 Å². The molecule has 0 bridgehead atoms. The van der Waals surface area contributed by atoms with Crippen molar-refractivity contribution in [2.24, 2.45) is 11.7 Å². The van der Waals surface area contributed by atoms with Crippen LogP contribution in [0.5, 0.6) is 0 Å². The third kappa shape index (κ3) is 2.39. The van der Waals surface area contributed by atoms with Crippen molar-refractivity contribution in [3.8, 4) is 0 Å². The molecule has 1 saturated carbocycles. The lowest BCUT2D eigenvalue weighted by molar-refractivity contribution is -0.140. The lowest BCUT2D eigenvalue weighted by Crippen LogP contribution is -2.68. The van der Waals surface area contributed by atoms with Crippen LogP contribution in [0.3, 0.4) is 0 Å². The normalized spacial score (nSPS) is 27.8. The molecular formula is C16H22N2O. The van der Waals surface area contributed by atoms with Gasteiger partial charge in [0.15, 0.2) is 0 Å². The summed E-state index contributed by atoms with van der Waals surface area (Å²) in [7, 11) is 0. The number of benzene rings is 1. The van der Waals surface area contributed by atoms with Gasteiger partial charge in [0.05, 0.1) is 5.54 Å². The number of amides is 1. The summed E-state index contributed by atoms with van der Waals surface area (Å²) in [6.07, 6.45) is 3.11. The molecular weight excluding hydrogens is 236 g/mol. The molecule has 1 aromatic rings. The maximum Gasteiger partial charge on any atom is 0.226 e. The number of carbonyl (C=O) groups excluding carboxylic acids is 1. The van der Waals surface area contributed by atoms with Crippen LogP contribution in [0.4, 0.5) is 0 Å². The second kappa shape index (κ2) is 4.64. The van der Waals surface area contributed by atoms with E-state index >= 15 is 0 Å². The Morgan fingerprint density at radius 1 is 1.37 bits per heavy atom. The van der Waals surface area contributed by atoms with Crippen LogP contribution in [-0.4, -0.2) is 29.4 Å². The van der Waals surface area contributed by atoms with Crippen molar-refractivity contribution in [3.05, 3.63) is 35.9 Å². The Kier molecular flexibility index (Phi) is 3.09. The van der Waals surface area contributed by atoms with E-state index in [1.165, 1.54) is 5.56 Å². The van der Waals surface area contributed by atoms with Crippen molar-refractivity contribution in [1.82, 2.24) is 4.90 Å². The SMILES string of the molecule is CCCC1(N)CN(C(=O)C2CC2c2ccccc2)C1. The van der Waals surface area contributed by atoms with Gasteiger partial charge in [-0.05, 0) is 24.3 Å². The van der Waals surface area contributed by atoms with Gasteiger partial charge in [0.25, 0.3) is 0 Å². The number of likely N-dealkylation sites (tertiary alicyclic amines) is 1. The Labute approximate surface area is 114 Å². The molecule has 1 heterocycles. The number of hydrogen-bond acceptors (Lipinski definition) is 2. The molecule has 1 aromatic carbocycles. The molecule has 1 saturated heterocycles. The molecule has 3 nitrogen and oxygen atoms in total. The number of nitrogens with zero attached hydrogens (tertiary/aromatic N) is 1. The minimum atomic E-state index is -0.110. The molecule has 2 unspecified atom stereocenters. The van der Waals surface area contributed by atoms with Crippen molar-refractivity contribution < 1.29 is 4.79 Å². The van der Waals surface area contributed by atoms with Crippen LogP contribution >= 0.6 is 0 Å². The van der Waals surface area contributed by atoms with E-state index < -0.39 is 0 Å². The zero-order valence-corrected chi connectivity index (χ0v) is 11.5. The first kappa shape index (κ1) is 12.7. The van der Waals surface area contributed by atoms with Gasteiger partial charge < -0.3 is 10.6 Å². The van der Waals surface area contributed by atoms with Gasteiger partial charge in [-0.3, -0.25) is 4.79 Å². The van der Waals surface area contributed by atoms with E-state index in [1.54, 1.807) is 0 Å². The van der Waals surface area contributed by atoms with Gasteiger partial charge in [0.2, 0.25) is 5.91 Å². The number of rotatable bonds is 4. The molecule has 2 fully saturated rings. The number of hydrogen-bond donors (Lipinski definition) is 1. The van der Waals surface area contributed by atoms with E-state index in [9.17, 15) is 4.79 Å². The Morgan fingerprint density at radius 2 is 2.05 bits per heavy atom. The molecule has 1 amide bonds. The Morgan fingerprint density at radius 3 is 2.68 bits per heavy atom. The zero-order valence-electron chi connectivity index (χ0n) is 11.5. The molecule has 19 heavy (non-hydrogen) atoms. The summed E-state index contributed by atoms with van der Waals surface area (Å²) in [4.78, 5) is 14.3. The molecule has 2 atom stereocenters. The standard InChI is InChI=1S/C16H22N2O/c1-2-8-16(17)10-18(11-16)15(19)14-9-13(14)12-6-4-3-5-7-12/h3-7,13-14H,2,8-11,17H2,1H3. The second-order valence-electron chi connectivity index (χ2n) is 6.17. The third-order valence-electron chi connectivity index (χ3n) is 4.41. The molecule has 3 heteroatoms. The van der Waals surface area contributed by atoms with E-state index in [1.807, 2.05) is 23.1 Å². The topological polar surface area (TPSA) is 46.3 Å². The van der Waals surface area contributed by atoms with Crippen molar-refractivity contribution >= 4 is 5.91 Å². The highest BCUT2D eigenvalue weighted by Gasteiger charge is 2.50. The van der Waals surface area contributed by atoms with Gasteiger partial charge in [0.1, 0.15) is 0 Å². The fourth-order valence-electron chi connectivity index (χ4n) is 3.30. The molecule has 0 aromatic heterocycles. The van der Waals surface area contributed by atoms with Gasteiger partial charge in [-0.1, -0.05) is 43.7 Å². The monoisotopic (exact) mass is 258 g/mol. The zero-order chi connectivity index (χ0) is 13.5. The van der Waals surface area contributed by atoms with Gasteiger partial charge in [0, 0.05) is 19.0 Å². The summed E-state index contributed by atoms with van der Waals surface area (Å²) in [6, 6.07) is 10.4. The molecule has 102 valence electrons. The minimum absolute atomic E-state index is 0.110.